The number of anilines is 1. The Morgan fingerprint density at radius 2 is 1.61 bits per heavy atom. The summed E-state index contributed by atoms with van der Waals surface area (Å²) in [7, 11) is 0. The molecule has 4 aromatic rings. The van der Waals surface area contributed by atoms with Crippen molar-refractivity contribution < 1.29 is 14.3 Å². The molecule has 0 aliphatic heterocycles. The maximum atomic E-state index is 12.8. The Labute approximate surface area is 197 Å². The molecule has 0 saturated heterocycles. The number of amides is 2. The van der Waals surface area contributed by atoms with Crippen molar-refractivity contribution in [3.05, 3.63) is 118 Å². The van der Waals surface area contributed by atoms with Crippen LogP contribution in [0.1, 0.15) is 32.4 Å². The summed E-state index contributed by atoms with van der Waals surface area (Å²) in [6.07, 6.45) is 0. The van der Waals surface area contributed by atoms with Crippen molar-refractivity contribution in [1.82, 2.24) is 5.32 Å². The summed E-state index contributed by atoms with van der Waals surface area (Å²) in [5.41, 5.74) is 3.21. The zero-order valence-corrected chi connectivity index (χ0v) is 19.0. The minimum atomic E-state index is -0.298. The first-order valence-electron chi connectivity index (χ1n) is 10.6. The Kier molecular flexibility index (Phi) is 7.17. The van der Waals surface area contributed by atoms with Crippen LogP contribution >= 0.6 is 11.3 Å². The lowest BCUT2D eigenvalue weighted by Gasteiger charge is -2.19. The van der Waals surface area contributed by atoms with Gasteiger partial charge in [-0.2, -0.15) is 0 Å². The van der Waals surface area contributed by atoms with Gasteiger partial charge >= 0.3 is 0 Å². The molecular formula is C27H24N2O3S. The van der Waals surface area contributed by atoms with E-state index in [4.69, 9.17) is 4.74 Å². The van der Waals surface area contributed by atoms with Crippen LogP contribution in [0.4, 0.5) is 5.69 Å². The van der Waals surface area contributed by atoms with Gasteiger partial charge in [0, 0.05) is 10.6 Å². The highest BCUT2D eigenvalue weighted by atomic mass is 32.1. The molecule has 1 heterocycles. The molecule has 0 fully saturated rings. The van der Waals surface area contributed by atoms with Gasteiger partial charge in [0.2, 0.25) is 0 Å². The number of carbonyl (C=O) groups is 2. The van der Waals surface area contributed by atoms with Crippen LogP contribution in [0.3, 0.4) is 0 Å². The summed E-state index contributed by atoms with van der Waals surface area (Å²) in [4.78, 5) is 26.6. The highest BCUT2D eigenvalue weighted by Crippen LogP contribution is 2.26. The van der Waals surface area contributed by atoms with E-state index in [1.807, 2.05) is 79.0 Å². The molecule has 1 aromatic heterocycles. The van der Waals surface area contributed by atoms with Gasteiger partial charge in [0.1, 0.15) is 5.75 Å². The van der Waals surface area contributed by atoms with Crippen molar-refractivity contribution in [2.24, 2.45) is 0 Å². The normalized spacial score (nSPS) is 11.4. The predicted molar refractivity (Wildman–Crippen MR) is 132 cm³/mol. The van der Waals surface area contributed by atoms with Crippen LogP contribution in [0.15, 0.2) is 96.4 Å². The zero-order valence-electron chi connectivity index (χ0n) is 18.2. The van der Waals surface area contributed by atoms with E-state index in [2.05, 4.69) is 10.6 Å². The fourth-order valence-corrected chi connectivity index (χ4v) is 4.18. The van der Waals surface area contributed by atoms with Crippen LogP contribution in [0.25, 0.3) is 0 Å². The number of benzene rings is 3. The molecule has 6 heteroatoms. The Bertz CT molecular complexity index is 1210. The van der Waals surface area contributed by atoms with Gasteiger partial charge in [-0.1, -0.05) is 66.2 Å². The fraction of sp³-hybridized carbons (Fsp3) is 0.111. The van der Waals surface area contributed by atoms with Gasteiger partial charge in [0.25, 0.3) is 11.8 Å². The number of thiophene rings is 1. The third-order valence-electron chi connectivity index (χ3n) is 5.07. The number of hydrogen-bond donors (Lipinski definition) is 2. The van der Waals surface area contributed by atoms with Crippen LogP contribution in [0.5, 0.6) is 5.75 Å². The molecule has 0 aliphatic carbocycles. The summed E-state index contributed by atoms with van der Waals surface area (Å²) >= 11 is 1.59. The monoisotopic (exact) mass is 456 g/mol. The summed E-state index contributed by atoms with van der Waals surface area (Å²) in [5.74, 6) is -0.218. The largest absolute Gasteiger partial charge is 0.483 e. The molecule has 0 spiro atoms. The molecule has 2 amide bonds. The second kappa shape index (κ2) is 10.6. The molecular weight excluding hydrogens is 432 g/mol. The number of ether oxygens (including phenoxy) is 1. The minimum absolute atomic E-state index is 0.205. The van der Waals surface area contributed by atoms with Crippen LogP contribution in [-0.4, -0.2) is 18.4 Å². The first-order valence-corrected chi connectivity index (χ1v) is 11.5. The highest BCUT2D eigenvalue weighted by Gasteiger charge is 2.19. The molecule has 0 bridgehead atoms. The maximum Gasteiger partial charge on any atom is 0.259 e. The van der Waals surface area contributed by atoms with Gasteiger partial charge in [0.05, 0.1) is 11.6 Å². The quantitative estimate of drug-likeness (QED) is 0.363. The SMILES string of the molecule is Cc1ccc(C(NC(=O)COc2ccccc2C(=O)Nc2ccccc2)c2cccs2)cc1. The van der Waals surface area contributed by atoms with Crippen LogP contribution in [-0.2, 0) is 4.79 Å². The van der Waals surface area contributed by atoms with Gasteiger partial charge in [0.15, 0.2) is 6.61 Å². The number of hydrogen-bond acceptors (Lipinski definition) is 4. The molecule has 166 valence electrons. The number of rotatable bonds is 8. The van der Waals surface area contributed by atoms with E-state index in [1.165, 1.54) is 0 Å². The summed E-state index contributed by atoms with van der Waals surface area (Å²) in [5, 5.41) is 7.89. The third kappa shape index (κ3) is 5.87. The molecule has 0 radical (unpaired) electrons. The van der Waals surface area contributed by atoms with E-state index in [-0.39, 0.29) is 24.5 Å². The second-order valence-electron chi connectivity index (χ2n) is 7.53. The van der Waals surface area contributed by atoms with Gasteiger partial charge in [-0.05, 0) is 48.2 Å². The molecule has 33 heavy (non-hydrogen) atoms. The summed E-state index contributed by atoms with van der Waals surface area (Å²) < 4.78 is 5.76. The Hall–Kier alpha value is -3.90. The Morgan fingerprint density at radius 1 is 0.879 bits per heavy atom. The second-order valence-corrected chi connectivity index (χ2v) is 8.51. The van der Waals surface area contributed by atoms with Crippen LogP contribution in [0, 0.1) is 6.92 Å². The van der Waals surface area contributed by atoms with Crippen LogP contribution in [0.2, 0.25) is 0 Å². The zero-order chi connectivity index (χ0) is 23.0. The molecule has 2 N–H and O–H groups in total. The Balaban J connectivity index is 1.44. The van der Waals surface area contributed by atoms with Crippen molar-refractivity contribution in [3.8, 4) is 5.75 Å². The van der Waals surface area contributed by atoms with Crippen molar-refractivity contribution in [2.75, 3.05) is 11.9 Å². The number of nitrogens with one attached hydrogen (secondary N) is 2. The topological polar surface area (TPSA) is 67.4 Å². The highest BCUT2D eigenvalue weighted by molar-refractivity contribution is 7.10. The van der Waals surface area contributed by atoms with Gasteiger partial charge in [-0.15, -0.1) is 11.3 Å². The lowest BCUT2D eigenvalue weighted by Crippen LogP contribution is -2.33. The van der Waals surface area contributed by atoms with E-state index in [0.29, 0.717) is 17.0 Å². The van der Waals surface area contributed by atoms with Crippen molar-refractivity contribution in [2.45, 2.75) is 13.0 Å². The molecule has 0 aliphatic rings. The lowest BCUT2D eigenvalue weighted by atomic mass is 10.0. The van der Waals surface area contributed by atoms with Crippen LogP contribution < -0.4 is 15.4 Å². The average Bonchev–Trinajstić information content (AvgIpc) is 3.37. The standard InChI is InChI=1S/C27H24N2O3S/c1-19-13-15-20(16-14-19)26(24-12-7-17-33-24)29-25(30)18-32-23-11-6-5-10-22(23)27(31)28-21-8-3-2-4-9-21/h2-17,26H,18H2,1H3,(H,28,31)(H,29,30). The van der Waals surface area contributed by atoms with E-state index >= 15 is 0 Å². The predicted octanol–water partition coefficient (Wildman–Crippen LogP) is 5.59. The lowest BCUT2D eigenvalue weighted by molar-refractivity contribution is -0.123. The number of carbonyl (C=O) groups excluding carboxylic acids is 2. The average molecular weight is 457 g/mol. The molecule has 1 atom stereocenters. The van der Waals surface area contributed by atoms with Gasteiger partial charge in [-0.3, -0.25) is 9.59 Å². The molecule has 0 saturated carbocycles. The first-order chi connectivity index (χ1) is 16.1. The minimum Gasteiger partial charge on any atom is -0.483 e. The van der Waals surface area contributed by atoms with Crippen molar-refractivity contribution in [1.29, 1.82) is 0 Å². The van der Waals surface area contributed by atoms with Crippen molar-refractivity contribution >= 4 is 28.8 Å². The fourth-order valence-electron chi connectivity index (χ4n) is 3.38. The van der Waals surface area contributed by atoms with Gasteiger partial charge < -0.3 is 15.4 Å². The number of para-hydroxylation sites is 2. The van der Waals surface area contributed by atoms with E-state index in [0.717, 1.165) is 16.0 Å². The molecule has 4 rings (SSSR count). The molecule has 3 aromatic carbocycles. The molecule has 1 unspecified atom stereocenters. The summed E-state index contributed by atoms with van der Waals surface area (Å²) in [6.45, 7) is 1.82. The third-order valence-corrected chi connectivity index (χ3v) is 6.00. The number of aryl methyl sites for hydroxylation is 1. The van der Waals surface area contributed by atoms with Crippen molar-refractivity contribution in [3.63, 3.8) is 0 Å². The smallest absolute Gasteiger partial charge is 0.259 e. The first kappa shape index (κ1) is 22.3. The Morgan fingerprint density at radius 3 is 2.33 bits per heavy atom. The summed E-state index contributed by atoms with van der Waals surface area (Å²) in [6, 6.07) is 27.9. The van der Waals surface area contributed by atoms with E-state index in [9.17, 15) is 9.59 Å². The van der Waals surface area contributed by atoms with Gasteiger partial charge in [-0.25, -0.2) is 0 Å². The van der Waals surface area contributed by atoms with E-state index in [1.54, 1.807) is 35.6 Å². The van der Waals surface area contributed by atoms with E-state index < -0.39 is 0 Å². The molecule has 5 nitrogen and oxygen atoms in total. The maximum absolute atomic E-state index is 12.8.